The molecule has 6 aliphatic heterocycles. The average molecular weight is 1780 g/mol. The molecule has 30 heteroatoms. The number of ether oxygens (including phenoxy) is 6. The zero-order valence-corrected chi connectivity index (χ0v) is 68.5. The molecule has 6 amide bonds. The number of alkyl carbamates (subject to hydrolysis) is 6. The molecule has 30 nitrogen and oxygen atoms in total. The lowest BCUT2D eigenvalue weighted by molar-refractivity contribution is 0.176. The molecule has 0 radical (unpaired) electrons. The van der Waals surface area contributed by atoms with Gasteiger partial charge in [-0.3, -0.25) is 0 Å². The Hall–Kier alpha value is -12.1. The standard InChI is InChI=1S/6C16H21N3O2/c6*1-19(2)6-5-12-9-17-15-4-3-11(8-14(12)15)7-13-10-21-16(20)18-13/h6*3-4,8-9,13,17H,5-7,10H2,1-2H3,(H,18,20)/t6*13-/m000000/s1/i1D3,2D3,6D2,7D2,9D,13D;1D3,2D3,5D2,7D2,9D,13D;1D3,6D2,7D2,9D,13D;1D3,5D2,7D2,9D,13D;6D2,7D2,9D,13D;5D2,7D2,9D,13D. The van der Waals surface area contributed by atoms with Crippen LogP contribution in [0.2, 0.25) is 0 Å². The van der Waals surface area contributed by atoms with E-state index in [1.807, 2.05) is 0 Å². The number of rotatable bonds is 30. The number of nitrogens with one attached hydrogen (secondary N) is 12. The van der Waals surface area contributed by atoms with Gasteiger partial charge >= 0.3 is 36.6 Å². The summed E-state index contributed by atoms with van der Waals surface area (Å²) >= 11 is 0. The Bertz CT molecular complexity index is 8350. The first kappa shape index (κ1) is 44.9. The molecule has 6 fully saturated rings. The first-order valence-corrected chi connectivity index (χ1v) is 38.3. The zero-order valence-electron chi connectivity index (χ0n) is 122. The van der Waals surface area contributed by atoms with Crippen LogP contribution in [-0.4, -0.2) is 295 Å². The van der Waals surface area contributed by atoms with Crippen LogP contribution in [0.15, 0.2) is 146 Å². The maximum absolute atomic E-state index is 11.4. The Balaban J connectivity index is 0.000000176. The van der Waals surface area contributed by atoms with Gasteiger partial charge in [0.2, 0.25) is 0 Å². The first-order chi connectivity index (χ1) is 81.5. The van der Waals surface area contributed by atoms with Crippen LogP contribution in [0.4, 0.5) is 28.8 Å². The van der Waals surface area contributed by atoms with Crippen LogP contribution in [0.5, 0.6) is 0 Å². The van der Waals surface area contributed by atoms with E-state index in [4.69, 9.17) is 88.2 Å². The normalized spacial score (nSPS) is 30.0. The monoisotopic (exact) mass is 1780 g/mol. The number of hydrogen-bond acceptors (Lipinski definition) is 18. The SMILES string of the molecule is [2H]c1[nH]c2ccc(C([2H])([2H])[C@@]3([2H])COC(=O)N3)cc2c1C([2H])([2H])CN(C([2H])([2H])[2H])C([2H])([2H])[2H].[2H]c1[nH]c2ccc(C([2H])([2H])[C@@]3([2H])COC(=O)N3)cc2c1C([2H])([2H])CN(C)C.[2H]c1[nH]c2ccc(C([2H])([2H])[C@@]3([2H])COC(=O)N3)cc2c1C([2H])([2H])CN(C)C([2H])([2H])[2H].[2H]c1[nH]c2ccc(C([2H])([2H])[C@@]3([2H])COC(=O)N3)cc2c1CC([2H])([2H])N(C([2H])([2H])[2H])C([2H])([2H])[2H].[2H]c1[nH]c2ccc(C([2H])([2H])[C@@]3([2H])COC(=O)N3)cc2c1CC([2H])([2H])N(C)C.[2H]c1[nH]c2ccc(C([2H])([2H])[C@@]3([2H])COC(=O)N3)cc2c1CC([2H])([2H])N(C)C([2H])([2H])[2H]. The van der Waals surface area contributed by atoms with Crippen LogP contribution in [0, 0.1) is 0 Å². The first-order valence-electron chi connectivity index (χ1n) is 65.3. The Morgan fingerprint density at radius 1 is 0.294 bits per heavy atom. The minimum atomic E-state index is -3.30. The van der Waals surface area contributed by atoms with Gasteiger partial charge in [-0.1, -0.05) is 36.4 Å². The van der Waals surface area contributed by atoms with E-state index in [2.05, 4.69) is 76.0 Å². The third-order valence-electron chi connectivity index (χ3n) is 18.2. The number of fused-ring (bicyclic) bond motifs is 6. The van der Waals surface area contributed by atoms with Gasteiger partial charge in [-0.05, 0) is 300 Å². The van der Waals surface area contributed by atoms with Crippen molar-refractivity contribution >= 4 is 102 Å². The second-order valence-electron chi connectivity index (χ2n) is 28.5. The van der Waals surface area contributed by atoms with Crippen LogP contribution in [0.1, 0.15) is 141 Å². The fourth-order valence-corrected chi connectivity index (χ4v) is 12.4. The minimum Gasteiger partial charge on any atom is -0.447 e. The number of nitrogens with zero attached hydrogens (tertiary/aromatic N) is 6. The van der Waals surface area contributed by atoms with Crippen molar-refractivity contribution in [3.63, 3.8) is 0 Å². The van der Waals surface area contributed by atoms with Gasteiger partial charge in [0.05, 0.1) is 52.6 Å². The summed E-state index contributed by atoms with van der Waals surface area (Å²) in [5.41, 5.74) is 2.62. The second-order valence-corrected chi connectivity index (χ2v) is 28.5. The number of aromatic amines is 6. The number of cyclic esters (lactones) is 6. The van der Waals surface area contributed by atoms with Gasteiger partial charge in [-0.2, -0.15) is 0 Å². The number of likely N-dealkylation sites (N-methyl/N-ethyl adjacent to an activating group) is 6. The molecule has 0 saturated carbocycles. The molecule has 6 aromatic carbocycles. The summed E-state index contributed by atoms with van der Waals surface area (Å²) in [6, 6.07) is 12.9. The third kappa shape index (κ3) is 26.5. The lowest BCUT2D eigenvalue weighted by atomic mass is 10.0. The maximum Gasteiger partial charge on any atom is 0.407 e. The van der Waals surface area contributed by atoms with Crippen molar-refractivity contribution in [3.05, 3.63) is 213 Å². The van der Waals surface area contributed by atoms with E-state index in [0.29, 0.717) is 54.2 Å². The van der Waals surface area contributed by atoms with Crippen molar-refractivity contribution in [1.29, 1.82) is 0 Å². The van der Waals surface area contributed by atoms with Crippen molar-refractivity contribution < 1.29 is 131 Å². The molecule has 0 bridgehead atoms. The second kappa shape index (κ2) is 43.7. The maximum atomic E-state index is 11.4. The minimum absolute atomic E-state index is 0.0104. The van der Waals surface area contributed by atoms with Gasteiger partial charge < -0.3 is 120 Å². The molecule has 6 atom stereocenters. The topological polar surface area (TPSA) is 344 Å². The highest BCUT2D eigenvalue weighted by Crippen LogP contribution is 2.29. The van der Waals surface area contributed by atoms with Crippen molar-refractivity contribution in [3.8, 4) is 0 Å². The molecule has 18 rings (SSSR count). The van der Waals surface area contributed by atoms with Gasteiger partial charge in [-0.15, -0.1) is 0 Å². The summed E-state index contributed by atoms with van der Waals surface area (Å²) in [6.07, 6.45) is -28.9. The van der Waals surface area contributed by atoms with E-state index >= 15 is 0 Å². The van der Waals surface area contributed by atoms with Crippen LogP contribution in [0.25, 0.3) is 65.4 Å². The van der Waals surface area contributed by atoms with E-state index in [0.717, 1.165) is 11.9 Å². The quantitative estimate of drug-likeness (QED) is 0.0186. The third-order valence-corrected chi connectivity index (χ3v) is 18.2. The molecule has 6 saturated heterocycles. The summed E-state index contributed by atoms with van der Waals surface area (Å²) in [4.78, 5) is 89.0. The summed E-state index contributed by atoms with van der Waals surface area (Å²) in [5, 5.41) is 14.5. The van der Waals surface area contributed by atoms with Crippen molar-refractivity contribution in [2.45, 2.75) is 113 Å². The molecule has 6 aliphatic rings. The van der Waals surface area contributed by atoms with Crippen LogP contribution < -0.4 is 31.9 Å². The molecule has 126 heavy (non-hydrogen) atoms. The largest absolute Gasteiger partial charge is 0.447 e. The Morgan fingerprint density at radius 3 is 0.730 bits per heavy atom. The molecular formula is C96H126N18O12. The Labute approximate surface area is 812 Å². The fraction of sp³-hybridized carbons (Fsp3) is 0.438. The predicted octanol–water partition coefficient (Wildman–Crippen LogP) is 11.5. The molecule has 12 heterocycles. The Morgan fingerprint density at radius 2 is 0.508 bits per heavy atom. The number of carbonyl (C=O) groups excluding carboxylic acids is 6. The highest BCUT2D eigenvalue weighted by molar-refractivity contribution is 5.88. The van der Waals surface area contributed by atoms with Gasteiger partial charge in [0.15, 0.2) is 0 Å². The number of hydrogen-bond donors (Lipinski definition) is 12. The van der Waals surface area contributed by atoms with Gasteiger partial charge in [-0.25, -0.2) is 28.8 Å². The lowest BCUT2D eigenvalue weighted by Gasteiger charge is -2.09. The molecule has 12 aromatic rings. The summed E-state index contributed by atoms with van der Waals surface area (Å²) in [5.74, 6) is 0. The smallest absolute Gasteiger partial charge is 0.407 e. The van der Waals surface area contributed by atoms with Crippen LogP contribution in [0.3, 0.4) is 0 Å². The van der Waals surface area contributed by atoms with E-state index in [9.17, 15) is 28.8 Å². The molecule has 12 N–H and O–H groups in total. The summed E-state index contributed by atoms with van der Waals surface area (Å²) < 4.78 is 461. The molecule has 6 aromatic heterocycles. The van der Waals surface area contributed by atoms with Gasteiger partial charge in [0, 0.05) is 199 Å². The van der Waals surface area contributed by atoms with Crippen LogP contribution in [-0.2, 0) is 105 Å². The number of carbonyl (C=O) groups is 6. The molecular weight excluding hydrogens is 1600 g/mol. The highest BCUT2D eigenvalue weighted by Gasteiger charge is 2.29. The molecule has 0 spiro atoms. The van der Waals surface area contributed by atoms with E-state index in [1.54, 1.807) is 45.2 Å². The average Bonchev–Trinajstić information content (AvgIpc) is 1.58. The molecule has 672 valence electrons. The van der Waals surface area contributed by atoms with E-state index in [1.165, 1.54) is 109 Å². The lowest BCUT2D eigenvalue weighted by Crippen LogP contribution is -2.28. The van der Waals surface area contributed by atoms with Crippen molar-refractivity contribution in [2.24, 2.45) is 0 Å². The fourth-order valence-electron chi connectivity index (χ4n) is 12.4. The Kier molecular flexibility index (Phi) is 15.6. The van der Waals surface area contributed by atoms with Crippen LogP contribution >= 0.6 is 0 Å². The number of aryl methyl sites for hydroxylation is 3. The number of benzene rings is 6. The van der Waals surface area contributed by atoms with E-state index in [-0.39, 0.29) is 137 Å². The van der Waals surface area contributed by atoms with Crippen molar-refractivity contribution in [1.82, 2.24) is 91.2 Å². The van der Waals surface area contributed by atoms with Gasteiger partial charge in [0.1, 0.15) is 39.6 Å². The van der Waals surface area contributed by atoms with Gasteiger partial charge in [0.25, 0.3) is 0 Å². The number of H-pyrrole nitrogens is 6. The predicted molar refractivity (Wildman–Crippen MR) is 495 cm³/mol. The summed E-state index contributed by atoms with van der Waals surface area (Å²) in [6.45, 7) is -29.6. The molecule has 0 aliphatic carbocycles. The number of aromatic nitrogens is 6. The highest BCUT2D eigenvalue weighted by atomic mass is 16.6. The number of amides is 6. The van der Waals surface area contributed by atoms with E-state index < -0.39 is 263 Å². The summed E-state index contributed by atoms with van der Waals surface area (Å²) in [7, 11) is 9.05. The molecule has 0 unspecified atom stereocenters. The van der Waals surface area contributed by atoms with Crippen molar-refractivity contribution in [2.75, 3.05) is 163 Å². The zero-order chi connectivity index (χ0) is 136.